The van der Waals surface area contributed by atoms with Crippen molar-refractivity contribution in [2.45, 2.75) is 6.92 Å². The maximum Gasteiger partial charge on any atom is 0.282 e. The van der Waals surface area contributed by atoms with Gasteiger partial charge in [-0.3, -0.25) is 14.9 Å². The molecule has 1 amide bonds. The van der Waals surface area contributed by atoms with E-state index in [1.54, 1.807) is 13.0 Å². The molecule has 0 spiro atoms. The molecule has 1 aromatic rings. The van der Waals surface area contributed by atoms with Crippen LogP contribution in [-0.2, 0) is 0 Å². The van der Waals surface area contributed by atoms with Crippen LogP contribution in [0.1, 0.15) is 15.9 Å². The van der Waals surface area contributed by atoms with Crippen molar-refractivity contribution < 1.29 is 9.72 Å². The first kappa shape index (κ1) is 12.6. The van der Waals surface area contributed by atoms with Gasteiger partial charge in [0.15, 0.2) is 0 Å². The first-order valence-corrected chi connectivity index (χ1v) is 4.85. The molecule has 0 aliphatic heterocycles. The molecule has 0 N–H and O–H groups in total. The van der Waals surface area contributed by atoms with E-state index >= 15 is 0 Å². The number of nitro benzene ring substituents is 1. The largest absolute Gasteiger partial charge is 0.328 e. The minimum absolute atomic E-state index is 0.00718. The third kappa shape index (κ3) is 2.78. The Kier molecular flexibility index (Phi) is 3.78. The monoisotopic (exact) mass is 233 g/mol. The molecule has 88 valence electrons. The summed E-state index contributed by atoms with van der Waals surface area (Å²) in [5.74, 6) is -0.526. The van der Waals surface area contributed by atoms with Crippen LogP contribution in [0.25, 0.3) is 0 Å². The fraction of sp³-hybridized carbons (Fsp3) is 0.273. The molecule has 0 unspecified atom stereocenters. The molecule has 0 atom stereocenters. The molecule has 0 saturated heterocycles. The fourth-order valence-corrected chi connectivity index (χ4v) is 1.36. The van der Waals surface area contributed by atoms with Crippen LogP contribution in [0.3, 0.4) is 0 Å². The molecule has 0 heterocycles. The lowest BCUT2D eigenvalue weighted by molar-refractivity contribution is -0.385. The molecule has 0 aliphatic carbocycles. The van der Waals surface area contributed by atoms with E-state index in [9.17, 15) is 14.9 Å². The maximum atomic E-state index is 11.9. The number of benzene rings is 1. The van der Waals surface area contributed by atoms with Gasteiger partial charge in [-0.05, 0) is 18.6 Å². The average Bonchev–Trinajstić information content (AvgIpc) is 2.27. The van der Waals surface area contributed by atoms with E-state index < -0.39 is 10.8 Å². The van der Waals surface area contributed by atoms with Crippen molar-refractivity contribution in [2.75, 3.05) is 13.6 Å². The highest BCUT2D eigenvalue weighted by molar-refractivity contribution is 5.98. The number of hydrogen-bond acceptors (Lipinski definition) is 4. The molecule has 0 aromatic heterocycles. The molecule has 0 aliphatic rings. The molecule has 6 nitrogen and oxygen atoms in total. The number of nitriles is 1. The van der Waals surface area contributed by atoms with Gasteiger partial charge < -0.3 is 4.90 Å². The summed E-state index contributed by atoms with van der Waals surface area (Å²) in [7, 11) is 1.43. The van der Waals surface area contributed by atoms with Gasteiger partial charge in [-0.2, -0.15) is 5.26 Å². The SMILES string of the molecule is Cc1ccc([N+](=O)[O-])c(C(=O)N(C)CC#N)c1. The molecule has 0 bridgehead atoms. The van der Waals surface area contributed by atoms with Crippen molar-refractivity contribution in [1.82, 2.24) is 4.90 Å². The van der Waals surface area contributed by atoms with Crippen LogP contribution < -0.4 is 0 Å². The topological polar surface area (TPSA) is 87.2 Å². The predicted octanol–water partition coefficient (Wildman–Crippen LogP) is 1.50. The molecular weight excluding hydrogens is 222 g/mol. The summed E-state index contributed by atoms with van der Waals surface area (Å²) in [6.45, 7) is 1.63. The van der Waals surface area contributed by atoms with Gasteiger partial charge >= 0.3 is 0 Å². The zero-order valence-corrected chi connectivity index (χ0v) is 9.51. The highest BCUT2D eigenvalue weighted by Gasteiger charge is 2.22. The number of nitro groups is 1. The number of amides is 1. The first-order valence-electron chi connectivity index (χ1n) is 4.85. The summed E-state index contributed by atoms with van der Waals surface area (Å²) in [6, 6.07) is 6.13. The number of hydrogen-bond donors (Lipinski definition) is 0. The van der Waals surface area contributed by atoms with E-state index in [1.165, 1.54) is 19.2 Å². The Balaban J connectivity index is 3.20. The lowest BCUT2D eigenvalue weighted by atomic mass is 10.1. The zero-order chi connectivity index (χ0) is 13.0. The van der Waals surface area contributed by atoms with E-state index in [4.69, 9.17) is 5.26 Å². The van der Waals surface area contributed by atoms with Crippen molar-refractivity contribution in [3.63, 3.8) is 0 Å². The standard InChI is InChI=1S/C11H11N3O3/c1-8-3-4-10(14(16)17)9(7-8)11(15)13(2)6-5-12/h3-4,7H,6H2,1-2H3. The normalized spacial score (nSPS) is 9.47. The van der Waals surface area contributed by atoms with Crippen LogP contribution in [0.15, 0.2) is 18.2 Å². The Bertz CT molecular complexity index is 505. The van der Waals surface area contributed by atoms with E-state index in [-0.39, 0.29) is 17.8 Å². The summed E-state index contributed by atoms with van der Waals surface area (Å²) >= 11 is 0. The van der Waals surface area contributed by atoms with Crippen LogP contribution in [0, 0.1) is 28.4 Å². The molecular formula is C11H11N3O3. The Hall–Kier alpha value is -2.42. The third-order valence-corrected chi connectivity index (χ3v) is 2.23. The smallest absolute Gasteiger partial charge is 0.282 e. The minimum Gasteiger partial charge on any atom is -0.328 e. The molecule has 17 heavy (non-hydrogen) atoms. The maximum absolute atomic E-state index is 11.9. The summed E-state index contributed by atoms with van der Waals surface area (Å²) in [5, 5.41) is 19.3. The van der Waals surface area contributed by atoms with Crippen LogP contribution in [0.4, 0.5) is 5.69 Å². The molecule has 6 heteroatoms. The molecule has 0 fully saturated rings. The van der Waals surface area contributed by atoms with Gasteiger partial charge in [0.2, 0.25) is 0 Å². The predicted molar refractivity (Wildman–Crippen MR) is 60.4 cm³/mol. The second kappa shape index (κ2) is 5.07. The van der Waals surface area contributed by atoms with Crippen molar-refractivity contribution in [3.8, 4) is 6.07 Å². The first-order chi connectivity index (χ1) is 7.97. The Labute approximate surface area is 98.2 Å². The number of carbonyl (C=O) groups is 1. The Morgan fingerprint density at radius 3 is 2.76 bits per heavy atom. The van der Waals surface area contributed by atoms with Crippen molar-refractivity contribution in [1.29, 1.82) is 5.26 Å². The zero-order valence-electron chi connectivity index (χ0n) is 9.51. The summed E-state index contributed by atoms with van der Waals surface area (Å²) < 4.78 is 0. The summed E-state index contributed by atoms with van der Waals surface area (Å²) in [6.07, 6.45) is 0. The van der Waals surface area contributed by atoms with Gasteiger partial charge in [-0.15, -0.1) is 0 Å². The Morgan fingerprint density at radius 1 is 1.59 bits per heavy atom. The number of carbonyl (C=O) groups excluding carboxylic acids is 1. The van der Waals surface area contributed by atoms with Crippen LogP contribution >= 0.6 is 0 Å². The van der Waals surface area contributed by atoms with Gasteiger partial charge in [0.1, 0.15) is 12.1 Å². The van der Waals surface area contributed by atoms with Gasteiger partial charge in [0, 0.05) is 13.1 Å². The van der Waals surface area contributed by atoms with E-state index in [0.29, 0.717) is 0 Å². The average molecular weight is 233 g/mol. The van der Waals surface area contributed by atoms with Crippen molar-refractivity contribution in [3.05, 3.63) is 39.4 Å². The second-order valence-electron chi connectivity index (χ2n) is 3.60. The molecule has 1 aromatic carbocycles. The van der Waals surface area contributed by atoms with E-state index in [1.807, 2.05) is 6.07 Å². The van der Waals surface area contributed by atoms with Gasteiger partial charge in [-0.1, -0.05) is 6.07 Å². The lowest BCUT2D eigenvalue weighted by Gasteiger charge is -2.13. The molecule has 1 rings (SSSR count). The molecule has 0 saturated carbocycles. The van der Waals surface area contributed by atoms with Crippen LogP contribution in [0.5, 0.6) is 0 Å². The van der Waals surface area contributed by atoms with Crippen LogP contribution in [-0.4, -0.2) is 29.3 Å². The van der Waals surface area contributed by atoms with Crippen molar-refractivity contribution >= 4 is 11.6 Å². The third-order valence-electron chi connectivity index (χ3n) is 2.23. The quantitative estimate of drug-likeness (QED) is 0.449. The number of nitrogens with zero attached hydrogens (tertiary/aromatic N) is 3. The Morgan fingerprint density at radius 2 is 2.24 bits per heavy atom. The van der Waals surface area contributed by atoms with Gasteiger partial charge in [-0.25, -0.2) is 0 Å². The summed E-state index contributed by atoms with van der Waals surface area (Å²) in [5.41, 5.74) is 0.516. The van der Waals surface area contributed by atoms with Gasteiger partial charge in [0.05, 0.1) is 11.0 Å². The number of rotatable bonds is 3. The fourth-order valence-electron chi connectivity index (χ4n) is 1.36. The lowest BCUT2D eigenvalue weighted by Crippen LogP contribution is -2.27. The van der Waals surface area contributed by atoms with Crippen LogP contribution in [0.2, 0.25) is 0 Å². The second-order valence-corrected chi connectivity index (χ2v) is 3.60. The highest BCUT2D eigenvalue weighted by Crippen LogP contribution is 2.21. The minimum atomic E-state index is -0.604. The highest BCUT2D eigenvalue weighted by atomic mass is 16.6. The van der Waals surface area contributed by atoms with E-state index in [2.05, 4.69) is 0 Å². The van der Waals surface area contributed by atoms with Crippen molar-refractivity contribution in [2.24, 2.45) is 0 Å². The summed E-state index contributed by atoms with van der Waals surface area (Å²) in [4.78, 5) is 23.2. The number of aryl methyl sites for hydroxylation is 1. The van der Waals surface area contributed by atoms with E-state index in [0.717, 1.165) is 10.5 Å². The molecule has 0 radical (unpaired) electrons. The van der Waals surface area contributed by atoms with Gasteiger partial charge in [0.25, 0.3) is 11.6 Å².